The quantitative estimate of drug-likeness (QED) is 0.452. The van der Waals surface area contributed by atoms with Crippen molar-refractivity contribution >= 4 is 47.1 Å². The largest absolute Gasteiger partial charge is 0.257 e. The summed E-state index contributed by atoms with van der Waals surface area (Å²) < 4.78 is 0. The molecule has 0 N–H and O–H groups in total. The van der Waals surface area contributed by atoms with E-state index in [9.17, 15) is 0 Å². The molecule has 3 heteroatoms. The monoisotopic (exact) mass is 395 g/mol. The summed E-state index contributed by atoms with van der Waals surface area (Å²) in [5, 5.41) is 3.34. The minimum absolute atomic E-state index is 0. The first-order chi connectivity index (χ1) is 12.8. The number of halogens is 1. The van der Waals surface area contributed by atoms with Gasteiger partial charge in [0.1, 0.15) is 0 Å². The molecule has 3 aromatic rings. The van der Waals surface area contributed by atoms with Crippen molar-refractivity contribution in [1.82, 2.24) is 4.98 Å². The molecule has 0 radical (unpaired) electrons. The van der Waals surface area contributed by atoms with Crippen LogP contribution in [0, 0.1) is 6.92 Å². The highest BCUT2D eigenvalue weighted by molar-refractivity contribution is 8.00. The predicted molar refractivity (Wildman–Crippen MR) is 122 cm³/mol. The molecule has 2 aromatic carbocycles. The third kappa shape index (κ3) is 4.94. The Kier molecular flexibility index (Phi) is 6.98. The van der Waals surface area contributed by atoms with Crippen LogP contribution in [0.25, 0.3) is 22.9 Å². The first-order valence-corrected chi connectivity index (χ1v) is 10.5. The fraction of sp³-hybridized carbons (Fsp3) is 0.292. The fourth-order valence-electron chi connectivity index (χ4n) is 3.67. The van der Waals surface area contributed by atoms with Crippen LogP contribution in [0.15, 0.2) is 59.6 Å². The van der Waals surface area contributed by atoms with Gasteiger partial charge in [-0.3, -0.25) is 4.98 Å². The summed E-state index contributed by atoms with van der Waals surface area (Å²) in [6, 6.07) is 17.2. The molecule has 4 rings (SSSR count). The van der Waals surface area contributed by atoms with Crippen molar-refractivity contribution in [2.24, 2.45) is 0 Å². The van der Waals surface area contributed by atoms with Gasteiger partial charge in [-0.1, -0.05) is 67.8 Å². The van der Waals surface area contributed by atoms with Gasteiger partial charge in [0.15, 0.2) is 0 Å². The van der Waals surface area contributed by atoms with Crippen LogP contribution in [-0.4, -0.2) is 10.2 Å². The third-order valence-electron chi connectivity index (χ3n) is 5.18. The van der Waals surface area contributed by atoms with Crippen molar-refractivity contribution in [2.75, 3.05) is 0 Å². The highest BCUT2D eigenvalue weighted by Gasteiger charge is 2.15. The van der Waals surface area contributed by atoms with Gasteiger partial charge in [0.2, 0.25) is 0 Å². The van der Waals surface area contributed by atoms with E-state index in [1.54, 1.807) is 0 Å². The zero-order chi connectivity index (χ0) is 17.8. The number of benzene rings is 2. The van der Waals surface area contributed by atoms with Gasteiger partial charge >= 0.3 is 0 Å². The fourth-order valence-corrected chi connectivity index (χ4v) is 5.03. The lowest BCUT2D eigenvalue weighted by Gasteiger charge is -2.21. The Morgan fingerprint density at radius 3 is 2.59 bits per heavy atom. The van der Waals surface area contributed by atoms with Crippen LogP contribution in [0.4, 0.5) is 0 Å². The van der Waals surface area contributed by atoms with E-state index in [4.69, 9.17) is 0 Å². The zero-order valence-electron chi connectivity index (χ0n) is 15.7. The highest BCUT2D eigenvalue weighted by Crippen LogP contribution is 2.35. The Balaban J connectivity index is 0.00000210. The maximum Gasteiger partial charge on any atom is 0.0641 e. The van der Waals surface area contributed by atoms with Crippen molar-refractivity contribution in [1.29, 1.82) is 0 Å². The van der Waals surface area contributed by atoms with Gasteiger partial charge in [0.05, 0.1) is 5.69 Å². The van der Waals surface area contributed by atoms with Crippen LogP contribution in [0.2, 0.25) is 0 Å². The lowest BCUT2D eigenvalue weighted by Crippen LogP contribution is -2.08. The molecule has 1 saturated carbocycles. The Bertz CT molecular complexity index is 923. The van der Waals surface area contributed by atoms with E-state index in [2.05, 4.69) is 84.4 Å². The summed E-state index contributed by atoms with van der Waals surface area (Å²) >= 11 is 2.06. The van der Waals surface area contributed by atoms with Crippen molar-refractivity contribution < 1.29 is 0 Å². The van der Waals surface area contributed by atoms with Crippen LogP contribution in [0.1, 0.15) is 48.9 Å². The molecule has 0 amide bonds. The van der Waals surface area contributed by atoms with Crippen LogP contribution in [-0.2, 0) is 0 Å². The van der Waals surface area contributed by atoms with Gasteiger partial charge in [-0.25, -0.2) is 0 Å². The Morgan fingerprint density at radius 2 is 1.74 bits per heavy atom. The number of aromatic nitrogens is 1. The molecule has 1 aliphatic carbocycles. The summed E-state index contributed by atoms with van der Waals surface area (Å²) in [6.45, 7) is 2.18. The molecule has 27 heavy (non-hydrogen) atoms. The van der Waals surface area contributed by atoms with E-state index in [0.29, 0.717) is 0 Å². The summed E-state index contributed by atoms with van der Waals surface area (Å²) in [7, 11) is 0. The minimum atomic E-state index is 0. The van der Waals surface area contributed by atoms with E-state index in [0.717, 1.165) is 10.9 Å². The van der Waals surface area contributed by atoms with Crippen LogP contribution in [0.5, 0.6) is 0 Å². The SMILES string of the molecule is Cc1cnc(/C=C/c2cccc3ccccc23)cc1SC1CCCCC1.Cl. The Labute approximate surface area is 172 Å². The lowest BCUT2D eigenvalue weighted by molar-refractivity contribution is 0.516. The van der Waals surface area contributed by atoms with Gasteiger partial charge in [-0.2, -0.15) is 0 Å². The number of rotatable bonds is 4. The zero-order valence-corrected chi connectivity index (χ0v) is 17.4. The predicted octanol–water partition coefficient (Wildman–Crippen LogP) is 7.56. The molecule has 0 spiro atoms. The van der Waals surface area contributed by atoms with Gasteiger partial charge in [-0.05, 0) is 53.8 Å². The number of fused-ring (bicyclic) bond motifs is 1. The first-order valence-electron chi connectivity index (χ1n) is 9.59. The number of aryl methyl sites for hydroxylation is 1. The van der Waals surface area contributed by atoms with Crippen molar-refractivity contribution in [2.45, 2.75) is 49.2 Å². The Hall–Kier alpha value is -1.77. The summed E-state index contributed by atoms with van der Waals surface area (Å²) in [6.07, 6.45) is 13.2. The third-order valence-corrected chi connectivity index (χ3v) is 6.68. The second kappa shape index (κ2) is 9.43. The second-order valence-corrected chi connectivity index (χ2v) is 8.50. The van der Waals surface area contributed by atoms with E-state index < -0.39 is 0 Å². The van der Waals surface area contributed by atoms with Crippen molar-refractivity contribution in [3.05, 3.63) is 71.5 Å². The molecule has 0 aliphatic heterocycles. The van der Waals surface area contributed by atoms with E-state index >= 15 is 0 Å². The number of nitrogens with zero attached hydrogens (tertiary/aromatic N) is 1. The number of pyridine rings is 1. The Morgan fingerprint density at radius 1 is 0.963 bits per heavy atom. The maximum atomic E-state index is 4.63. The van der Waals surface area contributed by atoms with Crippen LogP contribution < -0.4 is 0 Å². The standard InChI is InChI=1S/C24H25NS.ClH/c1-18-17-25-21(16-24(18)26-22-11-3-2-4-12-22)15-14-20-10-7-9-19-8-5-6-13-23(19)20;/h5-10,13-17,22H,2-4,11-12H2,1H3;1H/b15-14+;. The smallest absolute Gasteiger partial charge is 0.0641 e. The lowest BCUT2D eigenvalue weighted by atomic mass is 10.0. The molecule has 0 bridgehead atoms. The van der Waals surface area contributed by atoms with Gasteiger partial charge in [0, 0.05) is 16.3 Å². The van der Waals surface area contributed by atoms with E-state index in [1.165, 1.54) is 58.9 Å². The summed E-state index contributed by atoms with van der Waals surface area (Å²) in [5.74, 6) is 0. The molecule has 1 nitrogen and oxygen atoms in total. The highest BCUT2D eigenvalue weighted by atomic mass is 35.5. The average Bonchev–Trinajstić information content (AvgIpc) is 2.69. The molecule has 1 fully saturated rings. The molecule has 0 saturated heterocycles. The molecular formula is C24H26ClNS. The second-order valence-electron chi connectivity index (χ2n) is 7.15. The van der Waals surface area contributed by atoms with Crippen molar-refractivity contribution in [3.63, 3.8) is 0 Å². The van der Waals surface area contributed by atoms with Gasteiger partial charge < -0.3 is 0 Å². The molecule has 140 valence electrons. The number of thioether (sulfide) groups is 1. The topological polar surface area (TPSA) is 12.9 Å². The van der Waals surface area contributed by atoms with Gasteiger partial charge in [-0.15, -0.1) is 24.2 Å². The molecule has 1 aliphatic rings. The summed E-state index contributed by atoms with van der Waals surface area (Å²) in [4.78, 5) is 6.02. The van der Waals surface area contributed by atoms with Crippen molar-refractivity contribution in [3.8, 4) is 0 Å². The molecular weight excluding hydrogens is 370 g/mol. The molecule has 0 unspecified atom stereocenters. The normalized spacial score (nSPS) is 15.1. The van der Waals surface area contributed by atoms with Crippen LogP contribution >= 0.6 is 24.2 Å². The van der Waals surface area contributed by atoms with Crippen LogP contribution in [0.3, 0.4) is 0 Å². The van der Waals surface area contributed by atoms with E-state index in [-0.39, 0.29) is 12.4 Å². The maximum absolute atomic E-state index is 4.63. The molecule has 1 heterocycles. The summed E-state index contributed by atoms with van der Waals surface area (Å²) in [5.41, 5.74) is 3.58. The average molecular weight is 396 g/mol. The number of hydrogen-bond donors (Lipinski definition) is 0. The molecule has 0 atom stereocenters. The van der Waals surface area contributed by atoms with Gasteiger partial charge in [0.25, 0.3) is 0 Å². The molecule has 1 aromatic heterocycles. The minimum Gasteiger partial charge on any atom is -0.257 e. The first kappa shape index (κ1) is 20.0. The van der Waals surface area contributed by atoms with E-state index in [1.807, 2.05) is 6.20 Å². The number of hydrogen-bond acceptors (Lipinski definition) is 2.